The van der Waals surface area contributed by atoms with Gasteiger partial charge in [-0.3, -0.25) is 4.79 Å². The topological polar surface area (TPSA) is 52.9 Å². The van der Waals surface area contributed by atoms with Gasteiger partial charge in [-0.1, -0.05) is 6.08 Å². The molecule has 0 unspecified atom stereocenters. The van der Waals surface area contributed by atoms with Crippen LogP contribution in [0.4, 0.5) is 0 Å². The Labute approximate surface area is 78.4 Å². The molecule has 1 aliphatic rings. The van der Waals surface area contributed by atoms with E-state index >= 15 is 0 Å². The normalized spacial score (nSPS) is 18.1. The third-order valence-electron chi connectivity index (χ3n) is 2.49. The Morgan fingerprint density at radius 1 is 1.69 bits per heavy atom. The van der Waals surface area contributed by atoms with E-state index in [1.807, 2.05) is 0 Å². The Morgan fingerprint density at radius 2 is 2.38 bits per heavy atom. The van der Waals surface area contributed by atoms with E-state index in [2.05, 4.69) is 18.0 Å². The minimum atomic E-state index is -0.707. The molecule has 0 heterocycles. The summed E-state index contributed by atoms with van der Waals surface area (Å²) in [4.78, 5) is 11.5. The van der Waals surface area contributed by atoms with Crippen molar-refractivity contribution in [1.82, 2.24) is 5.32 Å². The van der Waals surface area contributed by atoms with E-state index in [0.29, 0.717) is 19.4 Å². The Bertz CT molecular complexity index is 248. The fourth-order valence-corrected chi connectivity index (χ4v) is 1.38. The highest BCUT2D eigenvalue weighted by atomic mass is 16.2. The molecule has 0 atom stereocenters. The summed E-state index contributed by atoms with van der Waals surface area (Å²) in [5.41, 5.74) is -0.707. The van der Waals surface area contributed by atoms with Gasteiger partial charge in [0.25, 0.3) is 0 Å². The average molecular weight is 178 g/mol. The van der Waals surface area contributed by atoms with Gasteiger partial charge < -0.3 is 5.32 Å². The number of carbonyl (C=O) groups is 1. The maximum Gasteiger partial charge on any atom is 0.240 e. The number of nitrogens with zero attached hydrogens (tertiary/aromatic N) is 1. The molecule has 3 nitrogen and oxygen atoms in total. The molecule has 0 aromatic heterocycles. The first kappa shape index (κ1) is 9.79. The minimum Gasteiger partial charge on any atom is -0.354 e. The number of rotatable bonds is 4. The van der Waals surface area contributed by atoms with Crippen LogP contribution < -0.4 is 5.32 Å². The van der Waals surface area contributed by atoms with Gasteiger partial charge in [0.1, 0.15) is 5.41 Å². The molecular formula is C10H14N2O. The number of hydrogen-bond acceptors (Lipinski definition) is 2. The summed E-state index contributed by atoms with van der Waals surface area (Å²) >= 11 is 0. The summed E-state index contributed by atoms with van der Waals surface area (Å²) in [5.74, 6) is -0.108. The second kappa shape index (κ2) is 4.08. The van der Waals surface area contributed by atoms with Gasteiger partial charge in [0.05, 0.1) is 6.07 Å². The third kappa shape index (κ3) is 1.89. The second-order valence-corrected chi connectivity index (χ2v) is 3.38. The van der Waals surface area contributed by atoms with Crippen LogP contribution >= 0.6 is 0 Å². The summed E-state index contributed by atoms with van der Waals surface area (Å²) in [6, 6.07) is 2.10. The van der Waals surface area contributed by atoms with Gasteiger partial charge in [-0.15, -0.1) is 6.58 Å². The van der Waals surface area contributed by atoms with Crippen molar-refractivity contribution in [3.63, 3.8) is 0 Å². The molecule has 1 aliphatic carbocycles. The van der Waals surface area contributed by atoms with Crippen molar-refractivity contribution in [2.24, 2.45) is 5.41 Å². The van der Waals surface area contributed by atoms with E-state index in [1.54, 1.807) is 6.08 Å². The lowest BCUT2D eigenvalue weighted by Crippen LogP contribution is -2.44. The maximum atomic E-state index is 11.5. The lowest BCUT2D eigenvalue weighted by molar-refractivity contribution is -0.131. The first-order valence-corrected chi connectivity index (χ1v) is 4.55. The van der Waals surface area contributed by atoms with E-state index in [0.717, 1.165) is 12.8 Å². The number of nitriles is 1. The van der Waals surface area contributed by atoms with Crippen LogP contribution in [0.1, 0.15) is 25.7 Å². The van der Waals surface area contributed by atoms with Crippen LogP contribution in [-0.2, 0) is 4.79 Å². The van der Waals surface area contributed by atoms with Crippen molar-refractivity contribution >= 4 is 5.91 Å². The highest BCUT2D eigenvalue weighted by Crippen LogP contribution is 2.40. The molecule has 0 aromatic rings. The summed E-state index contributed by atoms with van der Waals surface area (Å²) < 4.78 is 0. The molecule has 0 spiro atoms. The molecule has 0 aliphatic heterocycles. The molecule has 0 radical (unpaired) electrons. The Morgan fingerprint density at radius 3 is 2.77 bits per heavy atom. The molecule has 0 aromatic carbocycles. The Kier molecular flexibility index (Phi) is 3.07. The van der Waals surface area contributed by atoms with Gasteiger partial charge in [-0.2, -0.15) is 5.26 Å². The van der Waals surface area contributed by atoms with Crippen LogP contribution in [0.2, 0.25) is 0 Å². The van der Waals surface area contributed by atoms with Crippen molar-refractivity contribution < 1.29 is 4.79 Å². The van der Waals surface area contributed by atoms with Crippen molar-refractivity contribution in [2.45, 2.75) is 25.7 Å². The van der Waals surface area contributed by atoms with E-state index in [9.17, 15) is 4.79 Å². The van der Waals surface area contributed by atoms with Gasteiger partial charge in [0, 0.05) is 6.54 Å². The molecule has 1 fully saturated rings. The van der Waals surface area contributed by atoms with Crippen LogP contribution in [0.25, 0.3) is 0 Å². The molecule has 1 N–H and O–H groups in total. The number of carbonyl (C=O) groups excluding carboxylic acids is 1. The molecule has 1 amide bonds. The van der Waals surface area contributed by atoms with Crippen LogP contribution in [-0.4, -0.2) is 12.5 Å². The maximum absolute atomic E-state index is 11.5. The smallest absolute Gasteiger partial charge is 0.240 e. The van der Waals surface area contributed by atoms with Gasteiger partial charge in [-0.05, 0) is 25.7 Å². The molecule has 1 saturated carbocycles. The quantitative estimate of drug-likeness (QED) is 0.522. The predicted octanol–water partition coefficient (Wildman–Crippen LogP) is 1.37. The highest BCUT2D eigenvalue weighted by Gasteiger charge is 2.44. The lowest BCUT2D eigenvalue weighted by Gasteiger charge is -2.33. The van der Waals surface area contributed by atoms with Crippen molar-refractivity contribution in [3.05, 3.63) is 12.7 Å². The predicted molar refractivity (Wildman–Crippen MR) is 49.7 cm³/mol. The zero-order valence-corrected chi connectivity index (χ0v) is 7.68. The van der Waals surface area contributed by atoms with E-state index in [1.165, 1.54) is 0 Å². The van der Waals surface area contributed by atoms with Crippen molar-refractivity contribution in [3.8, 4) is 6.07 Å². The summed E-state index contributed by atoms with van der Waals surface area (Å²) in [6.45, 7) is 4.15. The highest BCUT2D eigenvalue weighted by molar-refractivity contribution is 5.86. The summed E-state index contributed by atoms with van der Waals surface area (Å²) in [6.07, 6.45) is 4.92. The van der Waals surface area contributed by atoms with Crippen LogP contribution in [0, 0.1) is 16.7 Å². The van der Waals surface area contributed by atoms with Crippen LogP contribution in [0.3, 0.4) is 0 Å². The third-order valence-corrected chi connectivity index (χ3v) is 2.49. The van der Waals surface area contributed by atoms with E-state index in [4.69, 9.17) is 5.26 Å². The molecule has 0 bridgehead atoms. The molecule has 3 heteroatoms. The summed E-state index contributed by atoms with van der Waals surface area (Å²) in [7, 11) is 0. The molecular weight excluding hydrogens is 164 g/mol. The first-order chi connectivity index (χ1) is 6.25. The molecule has 0 saturated heterocycles. The fourth-order valence-electron chi connectivity index (χ4n) is 1.38. The molecule has 13 heavy (non-hydrogen) atoms. The molecule has 1 rings (SSSR count). The van der Waals surface area contributed by atoms with Gasteiger partial charge in [0.15, 0.2) is 0 Å². The van der Waals surface area contributed by atoms with Crippen LogP contribution in [0.15, 0.2) is 12.7 Å². The van der Waals surface area contributed by atoms with Crippen molar-refractivity contribution in [1.29, 1.82) is 5.26 Å². The van der Waals surface area contributed by atoms with Crippen molar-refractivity contribution in [2.75, 3.05) is 6.54 Å². The van der Waals surface area contributed by atoms with Gasteiger partial charge in [-0.25, -0.2) is 0 Å². The standard InChI is InChI=1S/C10H14N2O/c1-2-3-7-12-9(13)10(8-11)5-4-6-10/h2H,1,3-7H2,(H,12,13). The zero-order chi connectivity index (χ0) is 9.73. The van der Waals surface area contributed by atoms with E-state index in [-0.39, 0.29) is 5.91 Å². The zero-order valence-electron chi connectivity index (χ0n) is 7.68. The number of hydrogen-bond donors (Lipinski definition) is 1. The average Bonchev–Trinajstić information content (AvgIpc) is 2.04. The van der Waals surface area contributed by atoms with Gasteiger partial charge in [0.2, 0.25) is 5.91 Å². The van der Waals surface area contributed by atoms with E-state index < -0.39 is 5.41 Å². The largest absolute Gasteiger partial charge is 0.354 e. The fraction of sp³-hybridized carbons (Fsp3) is 0.600. The summed E-state index contributed by atoms with van der Waals surface area (Å²) in [5, 5.41) is 11.6. The van der Waals surface area contributed by atoms with Crippen LogP contribution in [0.5, 0.6) is 0 Å². The lowest BCUT2D eigenvalue weighted by atomic mass is 9.69. The van der Waals surface area contributed by atoms with Gasteiger partial charge >= 0.3 is 0 Å². The second-order valence-electron chi connectivity index (χ2n) is 3.38. The Balaban J connectivity index is 2.38. The number of amides is 1. The first-order valence-electron chi connectivity index (χ1n) is 4.55. The molecule has 70 valence electrons. The number of nitrogens with one attached hydrogen (secondary N) is 1. The Hall–Kier alpha value is -1.30. The monoisotopic (exact) mass is 178 g/mol. The SMILES string of the molecule is C=CCCNC(=O)C1(C#N)CCC1. The minimum absolute atomic E-state index is 0.108.